The molecule has 4 nitrogen and oxygen atoms in total. The lowest BCUT2D eigenvalue weighted by Crippen LogP contribution is -2.34. The van der Waals surface area contributed by atoms with Crippen LogP contribution in [-0.4, -0.2) is 31.2 Å². The second-order valence-corrected chi connectivity index (χ2v) is 4.59. The summed E-state index contributed by atoms with van der Waals surface area (Å²) in [6.45, 7) is 4.27. The summed E-state index contributed by atoms with van der Waals surface area (Å²) in [7, 11) is 1.39. The standard InChI is InChI=1S/C13H18N2O2/c1-10-4-3-7-15(9-10)12-8-11(5-6-14-12)13(16)17-2/h5-6,8,10H,3-4,7,9H2,1-2H3/t10-/m0/s1. The van der Waals surface area contributed by atoms with Crippen molar-refractivity contribution in [2.45, 2.75) is 19.8 Å². The van der Waals surface area contributed by atoms with Crippen LogP contribution in [0.1, 0.15) is 30.1 Å². The van der Waals surface area contributed by atoms with Gasteiger partial charge in [0.25, 0.3) is 0 Å². The van der Waals surface area contributed by atoms with E-state index in [1.807, 2.05) is 6.07 Å². The van der Waals surface area contributed by atoms with Gasteiger partial charge in [-0.25, -0.2) is 9.78 Å². The third-order valence-corrected chi connectivity index (χ3v) is 3.15. The van der Waals surface area contributed by atoms with Crippen LogP contribution in [0.15, 0.2) is 18.3 Å². The molecular weight excluding hydrogens is 216 g/mol. The van der Waals surface area contributed by atoms with Gasteiger partial charge < -0.3 is 9.64 Å². The molecule has 92 valence electrons. The quantitative estimate of drug-likeness (QED) is 0.735. The van der Waals surface area contributed by atoms with E-state index in [0.717, 1.165) is 18.9 Å². The van der Waals surface area contributed by atoms with Crippen LogP contribution in [0.2, 0.25) is 0 Å². The van der Waals surface area contributed by atoms with E-state index in [9.17, 15) is 4.79 Å². The van der Waals surface area contributed by atoms with Gasteiger partial charge in [-0.1, -0.05) is 6.92 Å². The second-order valence-electron chi connectivity index (χ2n) is 4.59. The third kappa shape index (κ3) is 2.75. The molecule has 4 heteroatoms. The van der Waals surface area contributed by atoms with Crippen molar-refractivity contribution in [3.8, 4) is 0 Å². The Kier molecular flexibility index (Phi) is 3.61. The van der Waals surface area contributed by atoms with E-state index in [2.05, 4.69) is 16.8 Å². The van der Waals surface area contributed by atoms with Gasteiger partial charge in [-0.05, 0) is 30.9 Å². The minimum Gasteiger partial charge on any atom is -0.465 e. The van der Waals surface area contributed by atoms with Crippen LogP contribution < -0.4 is 4.90 Å². The highest BCUT2D eigenvalue weighted by molar-refractivity contribution is 5.90. The Morgan fingerprint density at radius 3 is 3.12 bits per heavy atom. The Balaban J connectivity index is 2.17. The number of esters is 1. The maximum Gasteiger partial charge on any atom is 0.338 e. The third-order valence-electron chi connectivity index (χ3n) is 3.15. The van der Waals surface area contributed by atoms with Gasteiger partial charge in [-0.3, -0.25) is 0 Å². The summed E-state index contributed by atoms with van der Waals surface area (Å²) in [5.41, 5.74) is 0.565. The number of piperidine rings is 1. The minimum atomic E-state index is -0.307. The lowest BCUT2D eigenvalue weighted by molar-refractivity contribution is 0.0600. The summed E-state index contributed by atoms with van der Waals surface area (Å²) < 4.78 is 4.71. The molecule has 1 atom stereocenters. The molecule has 0 aliphatic carbocycles. The Labute approximate surface area is 102 Å². The Bertz CT molecular complexity index is 406. The van der Waals surface area contributed by atoms with Crippen molar-refractivity contribution in [3.63, 3.8) is 0 Å². The highest BCUT2D eigenvalue weighted by Crippen LogP contribution is 2.21. The smallest absolute Gasteiger partial charge is 0.338 e. The zero-order valence-electron chi connectivity index (χ0n) is 10.3. The topological polar surface area (TPSA) is 42.4 Å². The molecule has 0 N–H and O–H groups in total. The van der Waals surface area contributed by atoms with Crippen molar-refractivity contribution in [3.05, 3.63) is 23.9 Å². The summed E-state index contributed by atoms with van der Waals surface area (Å²) >= 11 is 0. The molecule has 1 saturated heterocycles. The van der Waals surface area contributed by atoms with E-state index in [0.29, 0.717) is 11.5 Å². The maximum atomic E-state index is 11.4. The molecular formula is C13H18N2O2. The van der Waals surface area contributed by atoms with E-state index in [1.165, 1.54) is 20.0 Å². The first-order valence-corrected chi connectivity index (χ1v) is 6.00. The van der Waals surface area contributed by atoms with Crippen molar-refractivity contribution in [2.24, 2.45) is 5.92 Å². The maximum absolute atomic E-state index is 11.4. The van der Waals surface area contributed by atoms with Crippen molar-refractivity contribution >= 4 is 11.8 Å². The molecule has 0 saturated carbocycles. The Morgan fingerprint density at radius 1 is 1.59 bits per heavy atom. The molecule has 0 spiro atoms. The van der Waals surface area contributed by atoms with Gasteiger partial charge >= 0.3 is 5.97 Å². The number of hydrogen-bond donors (Lipinski definition) is 0. The fourth-order valence-electron chi connectivity index (χ4n) is 2.23. The zero-order chi connectivity index (χ0) is 12.3. The molecule has 1 aromatic rings. The average molecular weight is 234 g/mol. The molecule has 2 rings (SSSR count). The molecule has 1 fully saturated rings. The van der Waals surface area contributed by atoms with Crippen LogP contribution in [0.25, 0.3) is 0 Å². The highest BCUT2D eigenvalue weighted by atomic mass is 16.5. The predicted molar refractivity (Wildman–Crippen MR) is 66.2 cm³/mol. The molecule has 0 bridgehead atoms. The number of aromatic nitrogens is 1. The number of ether oxygens (including phenoxy) is 1. The highest BCUT2D eigenvalue weighted by Gasteiger charge is 2.18. The van der Waals surface area contributed by atoms with Gasteiger partial charge in [0.05, 0.1) is 12.7 Å². The summed E-state index contributed by atoms with van der Waals surface area (Å²) in [4.78, 5) is 18.0. The molecule has 0 radical (unpaired) electrons. The SMILES string of the molecule is COC(=O)c1ccnc(N2CCC[C@H](C)C2)c1. The number of carbonyl (C=O) groups excluding carboxylic acids is 1. The number of hydrogen-bond acceptors (Lipinski definition) is 4. The van der Waals surface area contributed by atoms with Gasteiger partial charge in [-0.2, -0.15) is 0 Å². The van der Waals surface area contributed by atoms with Gasteiger partial charge in [0, 0.05) is 19.3 Å². The lowest BCUT2D eigenvalue weighted by Gasteiger charge is -2.31. The Hall–Kier alpha value is -1.58. The van der Waals surface area contributed by atoms with Crippen molar-refractivity contribution in [1.29, 1.82) is 0 Å². The molecule has 0 unspecified atom stereocenters. The number of rotatable bonds is 2. The minimum absolute atomic E-state index is 0.307. The molecule has 17 heavy (non-hydrogen) atoms. The van der Waals surface area contributed by atoms with Crippen LogP contribution in [0.3, 0.4) is 0 Å². The van der Waals surface area contributed by atoms with E-state index in [-0.39, 0.29) is 5.97 Å². The fraction of sp³-hybridized carbons (Fsp3) is 0.538. The number of carbonyl (C=O) groups is 1. The summed E-state index contributed by atoms with van der Waals surface area (Å²) in [6.07, 6.45) is 4.12. The van der Waals surface area contributed by atoms with Crippen LogP contribution >= 0.6 is 0 Å². The molecule has 1 aliphatic heterocycles. The van der Waals surface area contributed by atoms with Crippen LogP contribution in [-0.2, 0) is 4.74 Å². The van der Waals surface area contributed by atoms with E-state index in [1.54, 1.807) is 12.3 Å². The fourth-order valence-corrected chi connectivity index (χ4v) is 2.23. The largest absolute Gasteiger partial charge is 0.465 e. The monoisotopic (exact) mass is 234 g/mol. The van der Waals surface area contributed by atoms with E-state index in [4.69, 9.17) is 4.74 Å². The number of nitrogens with zero attached hydrogens (tertiary/aromatic N) is 2. The van der Waals surface area contributed by atoms with Crippen molar-refractivity contribution in [2.75, 3.05) is 25.1 Å². The molecule has 1 aromatic heterocycles. The van der Waals surface area contributed by atoms with Crippen molar-refractivity contribution in [1.82, 2.24) is 4.98 Å². The number of methoxy groups -OCH3 is 1. The van der Waals surface area contributed by atoms with Gasteiger partial charge in [0.15, 0.2) is 0 Å². The molecule has 0 aromatic carbocycles. The summed E-state index contributed by atoms with van der Waals surface area (Å²) in [5.74, 6) is 1.26. The Morgan fingerprint density at radius 2 is 2.41 bits per heavy atom. The number of pyridine rings is 1. The summed E-state index contributed by atoms with van der Waals surface area (Å²) in [5, 5.41) is 0. The first-order valence-electron chi connectivity index (χ1n) is 6.00. The first kappa shape index (κ1) is 11.9. The molecule has 0 amide bonds. The predicted octanol–water partition coefficient (Wildman–Crippen LogP) is 2.10. The van der Waals surface area contributed by atoms with Crippen LogP contribution in [0.5, 0.6) is 0 Å². The summed E-state index contributed by atoms with van der Waals surface area (Å²) in [6, 6.07) is 3.49. The molecule has 1 aliphatic rings. The van der Waals surface area contributed by atoms with Gasteiger partial charge in [0.2, 0.25) is 0 Å². The first-order chi connectivity index (χ1) is 8.20. The normalized spacial score (nSPS) is 20.1. The second kappa shape index (κ2) is 5.17. The number of anilines is 1. The average Bonchev–Trinajstić information content (AvgIpc) is 2.38. The van der Waals surface area contributed by atoms with Crippen LogP contribution in [0, 0.1) is 5.92 Å². The van der Waals surface area contributed by atoms with Gasteiger partial charge in [-0.15, -0.1) is 0 Å². The van der Waals surface area contributed by atoms with Gasteiger partial charge in [0.1, 0.15) is 5.82 Å². The zero-order valence-corrected chi connectivity index (χ0v) is 10.3. The lowest BCUT2D eigenvalue weighted by atomic mass is 10.0. The van der Waals surface area contributed by atoms with Crippen LogP contribution in [0.4, 0.5) is 5.82 Å². The van der Waals surface area contributed by atoms with Crippen molar-refractivity contribution < 1.29 is 9.53 Å². The van der Waals surface area contributed by atoms with E-state index < -0.39 is 0 Å². The molecule has 2 heterocycles. The van der Waals surface area contributed by atoms with E-state index >= 15 is 0 Å².